The van der Waals surface area contributed by atoms with Gasteiger partial charge in [0.25, 0.3) is 5.69 Å². The standard InChI is InChI=1S/C9H8ClFN2O4S/c1-6(10)5-12-18(16,17)9-3-2-7(13(14)15)4-8(9)11/h2-4,12H,1,5H2. The van der Waals surface area contributed by atoms with Gasteiger partial charge in [0.15, 0.2) is 0 Å². The summed E-state index contributed by atoms with van der Waals surface area (Å²) >= 11 is 5.37. The van der Waals surface area contributed by atoms with Crippen molar-refractivity contribution in [2.75, 3.05) is 6.54 Å². The van der Waals surface area contributed by atoms with Gasteiger partial charge in [-0.3, -0.25) is 10.1 Å². The first-order valence-electron chi connectivity index (χ1n) is 4.51. The maximum absolute atomic E-state index is 13.5. The predicted molar refractivity (Wildman–Crippen MR) is 63.2 cm³/mol. The lowest BCUT2D eigenvalue weighted by atomic mass is 10.3. The number of benzene rings is 1. The average Bonchev–Trinajstić information content (AvgIpc) is 2.26. The molecule has 9 heteroatoms. The number of hydrogen-bond donors (Lipinski definition) is 1. The fourth-order valence-corrected chi connectivity index (χ4v) is 2.30. The van der Waals surface area contributed by atoms with Crippen LogP contribution in [0.25, 0.3) is 0 Å². The fourth-order valence-electron chi connectivity index (χ4n) is 1.07. The minimum atomic E-state index is -4.12. The monoisotopic (exact) mass is 294 g/mol. The van der Waals surface area contributed by atoms with Gasteiger partial charge in [0.05, 0.1) is 11.0 Å². The van der Waals surface area contributed by atoms with Gasteiger partial charge in [-0.1, -0.05) is 18.2 Å². The van der Waals surface area contributed by atoms with Gasteiger partial charge in [0, 0.05) is 17.6 Å². The lowest BCUT2D eigenvalue weighted by molar-refractivity contribution is -0.385. The van der Waals surface area contributed by atoms with Gasteiger partial charge in [-0.2, -0.15) is 0 Å². The summed E-state index contributed by atoms with van der Waals surface area (Å²) in [7, 11) is -4.12. The normalized spacial score (nSPS) is 11.2. The summed E-state index contributed by atoms with van der Waals surface area (Å²) in [5.41, 5.74) is -0.534. The zero-order chi connectivity index (χ0) is 13.9. The molecule has 0 heterocycles. The van der Waals surface area contributed by atoms with E-state index in [1.165, 1.54) is 0 Å². The predicted octanol–water partition coefficient (Wildman–Crippen LogP) is 1.76. The lowest BCUT2D eigenvalue weighted by Crippen LogP contribution is -2.25. The molecule has 18 heavy (non-hydrogen) atoms. The maximum atomic E-state index is 13.5. The van der Waals surface area contributed by atoms with E-state index in [9.17, 15) is 22.9 Å². The molecule has 0 aliphatic heterocycles. The molecule has 98 valence electrons. The minimum absolute atomic E-state index is 0.0286. The van der Waals surface area contributed by atoms with Crippen molar-refractivity contribution in [1.29, 1.82) is 0 Å². The summed E-state index contributed by atoms with van der Waals surface area (Å²) in [6.07, 6.45) is 0. The molecular formula is C9H8ClFN2O4S. The van der Waals surface area contributed by atoms with Gasteiger partial charge < -0.3 is 0 Å². The van der Waals surface area contributed by atoms with E-state index in [2.05, 4.69) is 6.58 Å². The van der Waals surface area contributed by atoms with Crippen LogP contribution < -0.4 is 4.72 Å². The van der Waals surface area contributed by atoms with E-state index in [1.54, 1.807) is 0 Å². The fraction of sp³-hybridized carbons (Fsp3) is 0.111. The highest BCUT2D eigenvalue weighted by Gasteiger charge is 2.21. The molecule has 0 bridgehead atoms. The van der Waals surface area contributed by atoms with E-state index in [4.69, 9.17) is 11.6 Å². The molecule has 0 saturated carbocycles. The average molecular weight is 295 g/mol. The summed E-state index contributed by atoms with van der Waals surface area (Å²) in [5.74, 6) is -1.21. The van der Waals surface area contributed by atoms with E-state index < -0.39 is 31.3 Å². The number of non-ortho nitro benzene ring substituents is 1. The van der Waals surface area contributed by atoms with E-state index in [0.717, 1.165) is 12.1 Å². The largest absolute Gasteiger partial charge is 0.272 e. The Labute approximate surface area is 107 Å². The van der Waals surface area contributed by atoms with Gasteiger partial charge in [0.2, 0.25) is 10.0 Å². The number of halogens is 2. The molecular weight excluding hydrogens is 287 g/mol. The Bertz CT molecular complexity index is 603. The molecule has 1 aromatic carbocycles. The Morgan fingerprint density at radius 3 is 2.61 bits per heavy atom. The van der Waals surface area contributed by atoms with Gasteiger partial charge in [-0.25, -0.2) is 17.5 Å². The number of nitro benzene ring substituents is 1. The van der Waals surface area contributed by atoms with E-state index in [0.29, 0.717) is 6.07 Å². The van der Waals surface area contributed by atoms with Crippen LogP contribution >= 0.6 is 11.6 Å². The highest BCUT2D eigenvalue weighted by Crippen LogP contribution is 2.20. The summed E-state index contributed by atoms with van der Waals surface area (Å²) in [6.45, 7) is 3.00. The number of nitro groups is 1. The first kappa shape index (κ1) is 14.6. The van der Waals surface area contributed by atoms with Crippen molar-refractivity contribution in [3.63, 3.8) is 0 Å². The van der Waals surface area contributed by atoms with Gasteiger partial charge in [-0.15, -0.1) is 0 Å². The second-order valence-electron chi connectivity index (χ2n) is 3.21. The van der Waals surface area contributed by atoms with Gasteiger partial charge in [-0.05, 0) is 6.07 Å². The van der Waals surface area contributed by atoms with Crippen LogP contribution in [-0.4, -0.2) is 19.9 Å². The molecule has 0 unspecified atom stereocenters. The molecule has 0 atom stereocenters. The molecule has 0 saturated heterocycles. The lowest BCUT2D eigenvalue weighted by Gasteiger charge is -2.06. The molecule has 1 N–H and O–H groups in total. The van der Waals surface area contributed by atoms with Crippen LogP contribution in [0.3, 0.4) is 0 Å². The van der Waals surface area contributed by atoms with Gasteiger partial charge >= 0.3 is 0 Å². The first-order valence-corrected chi connectivity index (χ1v) is 6.37. The van der Waals surface area contributed by atoms with Crippen LogP contribution in [0.2, 0.25) is 0 Å². The van der Waals surface area contributed by atoms with Gasteiger partial charge in [0.1, 0.15) is 10.7 Å². The summed E-state index contributed by atoms with van der Waals surface area (Å²) in [6, 6.07) is 2.24. The highest BCUT2D eigenvalue weighted by atomic mass is 35.5. The third-order valence-corrected chi connectivity index (χ3v) is 3.44. The zero-order valence-corrected chi connectivity index (χ0v) is 10.5. The quantitative estimate of drug-likeness (QED) is 0.662. The van der Waals surface area contributed by atoms with Crippen LogP contribution in [-0.2, 0) is 10.0 Å². The Morgan fingerprint density at radius 1 is 1.56 bits per heavy atom. The Balaban J connectivity index is 3.10. The topological polar surface area (TPSA) is 89.3 Å². The van der Waals surface area contributed by atoms with Crippen LogP contribution in [0.1, 0.15) is 0 Å². The molecule has 1 aromatic rings. The number of nitrogens with one attached hydrogen (secondary N) is 1. The van der Waals surface area contributed by atoms with Crippen molar-refractivity contribution in [3.05, 3.63) is 45.7 Å². The first-order chi connectivity index (χ1) is 8.24. The summed E-state index contributed by atoms with van der Waals surface area (Å²) in [4.78, 5) is 8.86. The third-order valence-electron chi connectivity index (χ3n) is 1.87. The Kier molecular flexibility index (Phi) is 4.38. The smallest absolute Gasteiger partial charge is 0.258 e. The van der Waals surface area contributed by atoms with Crippen molar-refractivity contribution in [2.45, 2.75) is 4.90 Å². The Hall–Kier alpha value is -1.51. The maximum Gasteiger partial charge on any atom is 0.272 e. The molecule has 0 fully saturated rings. The van der Waals surface area contributed by atoms with Crippen molar-refractivity contribution >= 4 is 27.3 Å². The van der Waals surface area contributed by atoms with Crippen molar-refractivity contribution in [3.8, 4) is 0 Å². The van der Waals surface area contributed by atoms with Crippen molar-refractivity contribution in [2.24, 2.45) is 0 Å². The van der Waals surface area contributed by atoms with Crippen LogP contribution in [0.15, 0.2) is 34.7 Å². The molecule has 1 rings (SSSR count). The number of hydrogen-bond acceptors (Lipinski definition) is 4. The molecule has 0 radical (unpaired) electrons. The third kappa shape index (κ3) is 3.49. The zero-order valence-electron chi connectivity index (χ0n) is 8.89. The van der Waals surface area contributed by atoms with E-state index in [-0.39, 0.29) is 11.6 Å². The van der Waals surface area contributed by atoms with E-state index >= 15 is 0 Å². The highest BCUT2D eigenvalue weighted by molar-refractivity contribution is 7.89. The molecule has 0 aliphatic carbocycles. The van der Waals surface area contributed by atoms with Crippen molar-refractivity contribution < 1.29 is 17.7 Å². The molecule has 6 nitrogen and oxygen atoms in total. The van der Waals surface area contributed by atoms with Crippen LogP contribution in [0, 0.1) is 15.9 Å². The molecule has 0 spiro atoms. The summed E-state index contributed by atoms with van der Waals surface area (Å²) < 4.78 is 38.7. The second-order valence-corrected chi connectivity index (χ2v) is 5.48. The van der Waals surface area contributed by atoms with Crippen molar-refractivity contribution in [1.82, 2.24) is 4.72 Å². The van der Waals surface area contributed by atoms with Crippen LogP contribution in [0.4, 0.5) is 10.1 Å². The minimum Gasteiger partial charge on any atom is -0.258 e. The second kappa shape index (κ2) is 5.42. The molecule has 0 aromatic heterocycles. The Morgan fingerprint density at radius 2 is 2.17 bits per heavy atom. The van der Waals surface area contributed by atoms with Crippen LogP contribution in [0.5, 0.6) is 0 Å². The summed E-state index contributed by atoms with van der Waals surface area (Å²) in [5, 5.41) is 10.4. The number of sulfonamides is 1. The molecule has 0 aliphatic rings. The number of rotatable bonds is 5. The SMILES string of the molecule is C=C(Cl)CNS(=O)(=O)c1ccc([N+](=O)[O-])cc1F. The van der Waals surface area contributed by atoms with E-state index in [1.807, 2.05) is 4.72 Å². The molecule has 0 amide bonds. The number of nitrogens with zero attached hydrogens (tertiary/aromatic N) is 1.